The maximum Gasteiger partial charge on any atom is 0.170 e. The molecule has 2 aliphatic heterocycles. The predicted octanol–water partition coefficient (Wildman–Crippen LogP) is 2.46. The zero-order valence-corrected chi connectivity index (χ0v) is 9.87. The molecule has 3 rings (SSSR count). The largest absolute Gasteiger partial charge is 0.310 e. The van der Waals surface area contributed by atoms with Crippen molar-refractivity contribution < 1.29 is 9.18 Å². The predicted molar refractivity (Wildman–Crippen MR) is 63.5 cm³/mol. The summed E-state index contributed by atoms with van der Waals surface area (Å²) in [4.78, 5) is 12.3. The van der Waals surface area contributed by atoms with Gasteiger partial charge in [-0.3, -0.25) is 4.79 Å². The minimum atomic E-state index is -0.386. The number of hydrogen-bond acceptors (Lipinski definition) is 2. The first kappa shape index (κ1) is 10.9. The lowest BCUT2D eigenvalue weighted by Gasteiger charge is -2.19. The van der Waals surface area contributed by atoms with Crippen molar-refractivity contribution in [1.82, 2.24) is 5.32 Å². The van der Waals surface area contributed by atoms with Crippen LogP contribution in [0.15, 0.2) is 18.2 Å². The highest BCUT2D eigenvalue weighted by Gasteiger charge is 2.43. The lowest BCUT2D eigenvalue weighted by molar-refractivity contribution is 0.0896. The molecule has 2 saturated heterocycles. The van der Waals surface area contributed by atoms with E-state index in [1.807, 2.05) is 6.92 Å². The standard InChI is InChI=1S/C14H16FNO/c1-8-2-4-12(15)10(6-8)14(17)11-7-9-3-5-13(11)16-9/h2,4,6,9,11,13,16H,3,5,7H2,1H3. The molecule has 1 aromatic rings. The number of rotatable bonds is 2. The van der Waals surface area contributed by atoms with Crippen LogP contribution in [0.3, 0.4) is 0 Å². The van der Waals surface area contributed by atoms with E-state index in [4.69, 9.17) is 0 Å². The smallest absolute Gasteiger partial charge is 0.170 e. The number of nitrogens with one attached hydrogen (secondary N) is 1. The van der Waals surface area contributed by atoms with Crippen molar-refractivity contribution in [2.45, 2.75) is 38.3 Å². The fraction of sp³-hybridized carbons (Fsp3) is 0.500. The van der Waals surface area contributed by atoms with Crippen LogP contribution in [0.1, 0.15) is 35.2 Å². The number of aryl methyl sites for hydroxylation is 1. The zero-order valence-electron chi connectivity index (χ0n) is 9.87. The Balaban J connectivity index is 1.89. The zero-order chi connectivity index (χ0) is 12.0. The van der Waals surface area contributed by atoms with Gasteiger partial charge < -0.3 is 5.32 Å². The molecule has 0 amide bonds. The average molecular weight is 233 g/mol. The van der Waals surface area contributed by atoms with Gasteiger partial charge in [-0.2, -0.15) is 0 Å². The van der Waals surface area contributed by atoms with Crippen molar-refractivity contribution in [3.05, 3.63) is 35.1 Å². The van der Waals surface area contributed by atoms with Crippen LogP contribution in [0.5, 0.6) is 0 Å². The third-order valence-electron chi connectivity index (χ3n) is 4.02. The van der Waals surface area contributed by atoms with Gasteiger partial charge in [-0.1, -0.05) is 11.6 Å². The van der Waals surface area contributed by atoms with Gasteiger partial charge in [0.1, 0.15) is 5.82 Å². The molecule has 0 spiro atoms. The van der Waals surface area contributed by atoms with Crippen molar-refractivity contribution in [3.8, 4) is 0 Å². The Hall–Kier alpha value is -1.22. The lowest BCUT2D eigenvalue weighted by Crippen LogP contribution is -2.29. The van der Waals surface area contributed by atoms with E-state index in [0.29, 0.717) is 6.04 Å². The molecule has 90 valence electrons. The first-order valence-corrected chi connectivity index (χ1v) is 6.21. The van der Waals surface area contributed by atoms with Gasteiger partial charge in [0.15, 0.2) is 5.78 Å². The van der Waals surface area contributed by atoms with Crippen molar-refractivity contribution in [1.29, 1.82) is 0 Å². The van der Waals surface area contributed by atoms with Crippen molar-refractivity contribution in [3.63, 3.8) is 0 Å². The second-order valence-electron chi connectivity index (χ2n) is 5.24. The first-order valence-electron chi connectivity index (χ1n) is 6.21. The molecule has 3 unspecified atom stereocenters. The molecule has 0 radical (unpaired) electrons. The van der Waals surface area contributed by atoms with Crippen LogP contribution in [-0.2, 0) is 0 Å². The fourth-order valence-electron chi connectivity index (χ4n) is 3.14. The van der Waals surface area contributed by atoms with Crippen molar-refractivity contribution in [2.75, 3.05) is 0 Å². The van der Waals surface area contributed by atoms with E-state index >= 15 is 0 Å². The average Bonchev–Trinajstić information content (AvgIpc) is 2.93. The van der Waals surface area contributed by atoms with E-state index in [2.05, 4.69) is 5.32 Å². The molecule has 0 aromatic heterocycles. The highest BCUT2D eigenvalue weighted by Crippen LogP contribution is 2.35. The molecule has 2 fully saturated rings. The summed E-state index contributed by atoms with van der Waals surface area (Å²) in [6.07, 6.45) is 3.08. The molecule has 2 aliphatic rings. The SMILES string of the molecule is Cc1ccc(F)c(C(=O)C2CC3CCC2N3)c1. The van der Waals surface area contributed by atoms with Crippen LogP contribution >= 0.6 is 0 Å². The summed E-state index contributed by atoms with van der Waals surface area (Å²) in [7, 11) is 0. The summed E-state index contributed by atoms with van der Waals surface area (Å²) in [6, 6.07) is 5.51. The molecule has 3 heteroatoms. The summed E-state index contributed by atoms with van der Waals surface area (Å²) in [5.41, 5.74) is 1.20. The monoisotopic (exact) mass is 233 g/mol. The van der Waals surface area contributed by atoms with Crippen LogP contribution in [0, 0.1) is 18.7 Å². The Morgan fingerprint density at radius 2 is 2.24 bits per heavy atom. The van der Waals surface area contributed by atoms with E-state index < -0.39 is 0 Å². The van der Waals surface area contributed by atoms with E-state index in [9.17, 15) is 9.18 Å². The second kappa shape index (κ2) is 3.91. The van der Waals surface area contributed by atoms with Crippen molar-refractivity contribution >= 4 is 5.78 Å². The third-order valence-corrected chi connectivity index (χ3v) is 4.02. The van der Waals surface area contributed by atoms with Crippen LogP contribution in [0.25, 0.3) is 0 Å². The van der Waals surface area contributed by atoms with Gasteiger partial charge in [-0.15, -0.1) is 0 Å². The lowest BCUT2D eigenvalue weighted by atomic mass is 9.83. The van der Waals surface area contributed by atoms with E-state index in [-0.39, 0.29) is 29.1 Å². The summed E-state index contributed by atoms with van der Waals surface area (Å²) >= 11 is 0. The molecule has 17 heavy (non-hydrogen) atoms. The van der Waals surface area contributed by atoms with Gasteiger partial charge in [0.2, 0.25) is 0 Å². The highest BCUT2D eigenvalue weighted by atomic mass is 19.1. The number of ketones is 1. The molecule has 3 atom stereocenters. The Bertz CT molecular complexity index is 471. The second-order valence-corrected chi connectivity index (χ2v) is 5.24. The van der Waals surface area contributed by atoms with Crippen LogP contribution in [0.2, 0.25) is 0 Å². The number of Topliss-reactive ketones (excluding diaryl/α,β-unsaturated/α-hetero) is 1. The number of hydrogen-bond donors (Lipinski definition) is 1. The summed E-state index contributed by atoms with van der Waals surface area (Å²) in [5.74, 6) is -0.431. The molecular weight excluding hydrogens is 217 g/mol. The quantitative estimate of drug-likeness (QED) is 0.795. The maximum atomic E-state index is 13.7. The molecule has 1 N–H and O–H groups in total. The topological polar surface area (TPSA) is 29.1 Å². The van der Waals surface area contributed by atoms with E-state index in [1.165, 1.54) is 6.07 Å². The molecule has 0 saturated carbocycles. The van der Waals surface area contributed by atoms with E-state index in [1.54, 1.807) is 12.1 Å². The molecule has 2 nitrogen and oxygen atoms in total. The molecule has 1 aromatic carbocycles. The van der Waals surface area contributed by atoms with Gasteiger partial charge in [0.25, 0.3) is 0 Å². The Kier molecular flexibility index (Phi) is 2.51. The van der Waals surface area contributed by atoms with Crippen LogP contribution < -0.4 is 5.32 Å². The Morgan fingerprint density at radius 3 is 2.88 bits per heavy atom. The normalized spacial score (nSPS) is 30.8. The Morgan fingerprint density at radius 1 is 1.41 bits per heavy atom. The number of benzene rings is 1. The van der Waals surface area contributed by atoms with Gasteiger partial charge in [-0.25, -0.2) is 4.39 Å². The van der Waals surface area contributed by atoms with Gasteiger partial charge >= 0.3 is 0 Å². The van der Waals surface area contributed by atoms with Gasteiger partial charge in [0, 0.05) is 18.0 Å². The summed E-state index contributed by atoms with van der Waals surface area (Å²) in [6.45, 7) is 1.88. The minimum Gasteiger partial charge on any atom is -0.310 e. The first-order chi connectivity index (χ1) is 8.15. The maximum absolute atomic E-state index is 13.7. The molecule has 2 heterocycles. The minimum absolute atomic E-state index is 0.0223. The number of halogens is 1. The summed E-state index contributed by atoms with van der Waals surface area (Å²) < 4.78 is 13.7. The fourth-order valence-corrected chi connectivity index (χ4v) is 3.14. The number of carbonyl (C=O) groups is 1. The summed E-state index contributed by atoms with van der Waals surface area (Å²) in [5, 5.41) is 3.42. The number of carbonyl (C=O) groups excluding carboxylic acids is 1. The van der Waals surface area contributed by atoms with Crippen LogP contribution in [0.4, 0.5) is 4.39 Å². The Labute approximate surface area is 100 Å². The molecular formula is C14H16FNO. The van der Waals surface area contributed by atoms with Gasteiger partial charge in [0.05, 0.1) is 5.56 Å². The highest BCUT2D eigenvalue weighted by molar-refractivity contribution is 5.99. The molecule has 0 aliphatic carbocycles. The molecule has 2 bridgehead atoms. The van der Waals surface area contributed by atoms with Crippen LogP contribution in [-0.4, -0.2) is 17.9 Å². The number of fused-ring (bicyclic) bond motifs is 2. The third kappa shape index (κ3) is 1.78. The van der Waals surface area contributed by atoms with Crippen molar-refractivity contribution in [2.24, 2.45) is 5.92 Å². The van der Waals surface area contributed by atoms with E-state index in [0.717, 1.165) is 24.8 Å². The van der Waals surface area contributed by atoms with Gasteiger partial charge in [-0.05, 0) is 38.3 Å².